The van der Waals surface area contributed by atoms with E-state index in [1.54, 1.807) is 0 Å². The molecule has 5 heteroatoms. The zero-order valence-electron chi connectivity index (χ0n) is 12.5. The van der Waals surface area contributed by atoms with Crippen LogP contribution in [0.5, 0.6) is 0 Å². The van der Waals surface area contributed by atoms with Crippen molar-refractivity contribution in [2.45, 2.75) is 83.3 Å². The Morgan fingerprint density at radius 1 is 1.42 bits per heavy atom. The molecule has 3 rings (SSSR count). The lowest BCUT2D eigenvalue weighted by Gasteiger charge is -2.25. The summed E-state index contributed by atoms with van der Waals surface area (Å²) in [7, 11) is -0.883. The second kappa shape index (κ2) is 5.23. The Labute approximate surface area is 117 Å². The zero-order chi connectivity index (χ0) is 13.6. The fourth-order valence-corrected chi connectivity index (χ4v) is 5.73. The number of hydrogen-bond donors (Lipinski definition) is 0. The first-order chi connectivity index (χ1) is 9.01. The third-order valence-corrected chi connectivity index (χ3v) is 6.54. The molecule has 3 aliphatic rings. The van der Waals surface area contributed by atoms with Gasteiger partial charge in [0, 0.05) is 19.0 Å². The highest BCUT2D eigenvalue weighted by atomic mass is 31.2. The predicted molar refractivity (Wildman–Crippen MR) is 75.9 cm³/mol. The third-order valence-electron chi connectivity index (χ3n) is 4.56. The fourth-order valence-electron chi connectivity index (χ4n) is 3.56. The topological polar surface area (TPSA) is 30.9 Å². The summed E-state index contributed by atoms with van der Waals surface area (Å²) in [5, 5.41) is 0. The lowest BCUT2D eigenvalue weighted by molar-refractivity contribution is 0.0172. The van der Waals surface area contributed by atoms with E-state index in [1.165, 1.54) is 12.8 Å². The maximum atomic E-state index is 6.34. The van der Waals surface area contributed by atoms with Crippen LogP contribution in [-0.4, -0.2) is 41.2 Å². The molecule has 0 spiro atoms. The molecule has 110 valence electrons. The first-order valence-electron chi connectivity index (χ1n) is 7.59. The molecule has 19 heavy (non-hydrogen) atoms. The number of ether oxygens (including phenoxy) is 1. The molecule has 0 amide bonds. The van der Waals surface area contributed by atoms with Crippen LogP contribution in [0, 0.1) is 0 Å². The molecular weight excluding hydrogens is 261 g/mol. The van der Waals surface area contributed by atoms with Crippen LogP contribution in [0.1, 0.15) is 53.4 Å². The summed E-state index contributed by atoms with van der Waals surface area (Å²) in [5.41, 5.74) is -0.0605. The molecule has 0 bridgehead atoms. The van der Waals surface area contributed by atoms with Crippen LogP contribution in [0.25, 0.3) is 0 Å². The monoisotopic (exact) mass is 287 g/mol. The highest BCUT2D eigenvalue weighted by Gasteiger charge is 2.52. The van der Waals surface area contributed by atoms with Crippen LogP contribution in [0.15, 0.2) is 0 Å². The molecule has 3 saturated heterocycles. The molecule has 1 unspecified atom stereocenters. The summed E-state index contributed by atoms with van der Waals surface area (Å²) in [6.45, 7) is 9.83. The summed E-state index contributed by atoms with van der Waals surface area (Å²) >= 11 is 0. The molecule has 5 atom stereocenters. The van der Waals surface area contributed by atoms with Crippen LogP contribution >= 0.6 is 8.53 Å². The summed E-state index contributed by atoms with van der Waals surface area (Å²) in [6.07, 6.45) is 5.30. The summed E-state index contributed by atoms with van der Waals surface area (Å²) in [6, 6.07) is 0.540. The first kappa shape index (κ1) is 14.2. The largest absolute Gasteiger partial charge is 0.372 e. The Hall–Kier alpha value is 0.270. The van der Waals surface area contributed by atoms with Crippen LogP contribution in [-0.2, 0) is 13.8 Å². The second-order valence-corrected chi connectivity index (χ2v) is 7.91. The quantitative estimate of drug-likeness (QED) is 0.744. The molecule has 0 aliphatic carbocycles. The molecule has 3 heterocycles. The van der Waals surface area contributed by atoms with Crippen molar-refractivity contribution in [1.29, 1.82) is 0 Å². The van der Waals surface area contributed by atoms with Gasteiger partial charge in [-0.15, -0.1) is 0 Å². The van der Waals surface area contributed by atoms with Gasteiger partial charge in [0.05, 0.1) is 23.9 Å². The number of nitrogens with zero attached hydrogens (tertiary/aromatic N) is 1. The van der Waals surface area contributed by atoms with E-state index in [4.69, 9.17) is 13.8 Å². The van der Waals surface area contributed by atoms with Crippen LogP contribution in [0.4, 0.5) is 0 Å². The average Bonchev–Trinajstić information content (AvgIpc) is 2.98. The van der Waals surface area contributed by atoms with E-state index in [9.17, 15) is 0 Å². The predicted octanol–water partition coefficient (Wildman–Crippen LogP) is 3.46. The number of fused-ring (bicyclic) bond motifs is 1. The molecular formula is C14H26NO3P. The second-order valence-electron chi connectivity index (χ2n) is 6.53. The van der Waals surface area contributed by atoms with Crippen molar-refractivity contribution >= 4 is 8.53 Å². The minimum atomic E-state index is -0.883. The number of hydrogen-bond acceptors (Lipinski definition) is 4. The van der Waals surface area contributed by atoms with Gasteiger partial charge in [-0.3, -0.25) is 0 Å². The Kier molecular flexibility index (Phi) is 3.92. The van der Waals surface area contributed by atoms with Crippen molar-refractivity contribution in [2.75, 3.05) is 6.54 Å². The maximum Gasteiger partial charge on any atom is 0.260 e. The smallest absolute Gasteiger partial charge is 0.260 e. The van der Waals surface area contributed by atoms with Crippen LogP contribution in [0.3, 0.4) is 0 Å². The van der Waals surface area contributed by atoms with Gasteiger partial charge in [-0.05, 0) is 40.0 Å². The SMILES string of the molecule is CC[C@H]1O[C@@H](C)CC1O[P@]1OC(C)(C)[C@H]2CCCN21. The van der Waals surface area contributed by atoms with Gasteiger partial charge in [-0.1, -0.05) is 6.92 Å². The molecule has 0 aromatic carbocycles. The maximum absolute atomic E-state index is 6.34. The van der Waals surface area contributed by atoms with Gasteiger partial charge in [0.25, 0.3) is 8.53 Å². The molecule has 3 fully saturated rings. The third kappa shape index (κ3) is 2.58. The van der Waals surface area contributed by atoms with Gasteiger partial charge >= 0.3 is 0 Å². The number of rotatable bonds is 3. The minimum absolute atomic E-state index is 0.0605. The Bertz CT molecular complexity index is 339. The van der Waals surface area contributed by atoms with Crippen molar-refractivity contribution < 1.29 is 13.8 Å². The Morgan fingerprint density at radius 3 is 2.95 bits per heavy atom. The van der Waals surface area contributed by atoms with E-state index >= 15 is 0 Å². The van der Waals surface area contributed by atoms with Crippen LogP contribution < -0.4 is 0 Å². The minimum Gasteiger partial charge on any atom is -0.372 e. The van der Waals surface area contributed by atoms with Crippen molar-refractivity contribution in [3.8, 4) is 0 Å². The van der Waals surface area contributed by atoms with E-state index in [-0.39, 0.29) is 17.8 Å². The average molecular weight is 287 g/mol. The fraction of sp³-hybridized carbons (Fsp3) is 1.00. The van der Waals surface area contributed by atoms with E-state index in [0.717, 1.165) is 19.4 Å². The standard InChI is InChI=1S/C14H26NO3P/c1-5-11-12(9-10(2)16-11)17-19-15-8-6-7-13(15)14(3,4)18-19/h10-13H,5-9H2,1-4H3/t10-,11+,12?,13+,19+/m0/s1. The van der Waals surface area contributed by atoms with Crippen molar-refractivity contribution in [2.24, 2.45) is 0 Å². The van der Waals surface area contributed by atoms with Crippen molar-refractivity contribution in [3.63, 3.8) is 0 Å². The summed E-state index contributed by atoms with van der Waals surface area (Å²) in [4.78, 5) is 0. The molecule has 0 N–H and O–H groups in total. The van der Waals surface area contributed by atoms with Crippen molar-refractivity contribution in [3.05, 3.63) is 0 Å². The highest BCUT2D eigenvalue weighted by Crippen LogP contribution is 2.60. The summed E-state index contributed by atoms with van der Waals surface area (Å²) in [5.74, 6) is 0. The van der Waals surface area contributed by atoms with E-state index in [1.807, 2.05) is 0 Å². The van der Waals surface area contributed by atoms with Gasteiger partial charge < -0.3 is 13.8 Å². The normalized spacial score (nSPS) is 45.8. The van der Waals surface area contributed by atoms with E-state index < -0.39 is 8.53 Å². The first-order valence-corrected chi connectivity index (χ1v) is 8.72. The van der Waals surface area contributed by atoms with E-state index in [0.29, 0.717) is 12.1 Å². The lowest BCUT2D eigenvalue weighted by Crippen LogP contribution is -2.36. The summed E-state index contributed by atoms with van der Waals surface area (Å²) < 4.78 is 20.9. The molecule has 0 aromatic heterocycles. The molecule has 0 saturated carbocycles. The van der Waals surface area contributed by atoms with Gasteiger partial charge in [0.15, 0.2) is 0 Å². The Balaban J connectivity index is 1.67. The molecule has 0 aromatic rings. The van der Waals surface area contributed by atoms with Gasteiger partial charge in [0.2, 0.25) is 0 Å². The molecule has 0 radical (unpaired) electrons. The lowest BCUT2D eigenvalue weighted by atomic mass is 9.98. The zero-order valence-corrected chi connectivity index (χ0v) is 13.4. The van der Waals surface area contributed by atoms with Crippen molar-refractivity contribution in [1.82, 2.24) is 4.67 Å². The van der Waals surface area contributed by atoms with Gasteiger partial charge in [0.1, 0.15) is 0 Å². The van der Waals surface area contributed by atoms with Gasteiger partial charge in [-0.2, -0.15) is 0 Å². The van der Waals surface area contributed by atoms with E-state index in [2.05, 4.69) is 32.4 Å². The van der Waals surface area contributed by atoms with Gasteiger partial charge in [-0.25, -0.2) is 4.67 Å². The molecule has 3 aliphatic heterocycles. The molecule has 4 nitrogen and oxygen atoms in total. The highest BCUT2D eigenvalue weighted by molar-refractivity contribution is 7.45. The van der Waals surface area contributed by atoms with Crippen LogP contribution in [0.2, 0.25) is 0 Å². The Morgan fingerprint density at radius 2 is 2.21 bits per heavy atom.